The average molecular weight is 758 g/mol. The molecule has 7 heteroatoms. The molecule has 0 atom stereocenters. The molecule has 59 heavy (non-hydrogen) atoms. The van der Waals surface area contributed by atoms with Crippen LogP contribution in [0.4, 0.5) is 17.1 Å². The Balaban J connectivity index is 1.01. The van der Waals surface area contributed by atoms with Gasteiger partial charge in [0.05, 0.1) is 22.2 Å². The highest BCUT2D eigenvalue weighted by atomic mass is 15.1. The van der Waals surface area contributed by atoms with Crippen molar-refractivity contribution in [3.8, 4) is 45.1 Å². The van der Waals surface area contributed by atoms with Crippen molar-refractivity contribution in [2.45, 2.75) is 0 Å². The summed E-state index contributed by atoms with van der Waals surface area (Å²) in [5.74, 6) is 0.639. The summed E-state index contributed by atoms with van der Waals surface area (Å²) in [6.45, 7) is 0. The molecule has 0 bridgehead atoms. The lowest BCUT2D eigenvalue weighted by atomic mass is 10.0. The lowest BCUT2D eigenvalue weighted by Gasteiger charge is -2.26. The number of fused-ring (bicyclic) bond motifs is 4. The number of para-hydroxylation sites is 2. The normalized spacial score (nSPS) is 11.4. The molecule has 0 aliphatic rings. The third-order valence-electron chi connectivity index (χ3n) is 11.0. The van der Waals surface area contributed by atoms with E-state index in [1.54, 1.807) is 0 Å². The molecule has 11 aromatic rings. The number of hydrogen-bond acceptors (Lipinski definition) is 5. The Hall–Kier alpha value is -8.16. The molecule has 278 valence electrons. The van der Waals surface area contributed by atoms with Crippen molar-refractivity contribution >= 4 is 49.8 Å². The summed E-state index contributed by atoms with van der Waals surface area (Å²) in [7, 11) is 0. The van der Waals surface area contributed by atoms with Gasteiger partial charge < -0.3 is 14.0 Å². The second kappa shape index (κ2) is 14.4. The van der Waals surface area contributed by atoms with Gasteiger partial charge in [-0.05, 0) is 126 Å². The van der Waals surface area contributed by atoms with Crippen molar-refractivity contribution in [3.05, 3.63) is 213 Å². The topological polar surface area (TPSA) is 64.7 Å². The molecule has 0 spiro atoms. The van der Waals surface area contributed by atoms with Crippen LogP contribution in [0.15, 0.2) is 213 Å². The van der Waals surface area contributed by atoms with Crippen molar-refractivity contribution in [3.63, 3.8) is 0 Å². The molecule has 0 unspecified atom stereocenters. The van der Waals surface area contributed by atoms with Crippen LogP contribution in [0.1, 0.15) is 0 Å². The summed E-state index contributed by atoms with van der Waals surface area (Å²) < 4.78 is 4.67. The number of rotatable bonds is 8. The Morgan fingerprint density at radius 3 is 1.66 bits per heavy atom. The zero-order valence-electron chi connectivity index (χ0n) is 31.8. The number of nitrogens with zero attached hydrogens (tertiary/aromatic N) is 7. The zero-order chi connectivity index (χ0) is 39.1. The lowest BCUT2D eigenvalue weighted by Crippen LogP contribution is -2.09. The Bertz CT molecular complexity index is 3130. The van der Waals surface area contributed by atoms with Crippen LogP contribution in [0, 0.1) is 0 Å². The molecule has 0 saturated carbocycles. The molecule has 7 nitrogen and oxygen atoms in total. The highest BCUT2D eigenvalue weighted by Crippen LogP contribution is 2.40. The molecule has 0 saturated heterocycles. The molecular formula is C52H35N7. The maximum Gasteiger partial charge on any atom is 0.162 e. The monoisotopic (exact) mass is 757 g/mol. The molecule has 4 aromatic heterocycles. The Morgan fingerprint density at radius 1 is 0.407 bits per heavy atom. The molecule has 0 aliphatic heterocycles. The van der Waals surface area contributed by atoms with Gasteiger partial charge in [0, 0.05) is 68.1 Å². The van der Waals surface area contributed by atoms with E-state index in [0.29, 0.717) is 5.82 Å². The van der Waals surface area contributed by atoms with Crippen LogP contribution in [0.5, 0.6) is 0 Å². The van der Waals surface area contributed by atoms with E-state index < -0.39 is 0 Å². The number of anilines is 3. The first-order valence-electron chi connectivity index (χ1n) is 19.6. The van der Waals surface area contributed by atoms with Gasteiger partial charge in [0.2, 0.25) is 0 Å². The number of pyridine rings is 1. The van der Waals surface area contributed by atoms with E-state index in [0.717, 1.165) is 56.4 Å². The van der Waals surface area contributed by atoms with Crippen LogP contribution >= 0.6 is 0 Å². The Kier molecular flexibility index (Phi) is 8.33. The van der Waals surface area contributed by atoms with E-state index in [4.69, 9.17) is 0 Å². The Labute approximate surface area is 340 Å². The van der Waals surface area contributed by atoms with Crippen LogP contribution in [-0.2, 0) is 0 Å². The van der Waals surface area contributed by atoms with Gasteiger partial charge in [-0.3, -0.25) is 4.98 Å². The standard InChI is InChI=1S/C52H35N7/c1-3-9-41(10-4-1)57-30-28-40-32-51-47(33-50(40)57)46-31-39(20-27-49(46)59(51)42-11-5-2-6-12-42)36-14-21-43(22-15-36)58(44-23-16-37(17-24-44)48-13-7-8-29-54-48)45-25-18-38(19-26-45)52-55-34-53-35-56-52/h1-35H. The second-order valence-corrected chi connectivity index (χ2v) is 14.5. The second-order valence-electron chi connectivity index (χ2n) is 14.5. The van der Waals surface area contributed by atoms with E-state index in [9.17, 15) is 0 Å². The first-order valence-corrected chi connectivity index (χ1v) is 19.6. The fourth-order valence-electron chi connectivity index (χ4n) is 8.21. The average Bonchev–Trinajstić information content (AvgIpc) is 3.88. The van der Waals surface area contributed by atoms with Crippen molar-refractivity contribution < 1.29 is 0 Å². The van der Waals surface area contributed by atoms with Crippen molar-refractivity contribution in [1.29, 1.82) is 0 Å². The van der Waals surface area contributed by atoms with Gasteiger partial charge in [-0.1, -0.05) is 72.8 Å². The Morgan fingerprint density at radius 2 is 1.00 bits per heavy atom. The van der Waals surface area contributed by atoms with E-state index >= 15 is 0 Å². The molecule has 7 aromatic carbocycles. The van der Waals surface area contributed by atoms with Gasteiger partial charge in [0.15, 0.2) is 5.82 Å². The first kappa shape index (κ1) is 34.1. The SMILES string of the molecule is c1ccc(-n2ccc3cc4c(cc32)c2cc(-c3ccc(N(c5ccc(-c6ccccn6)cc5)c5ccc(-c6ncncn6)cc5)cc3)ccc2n4-c2ccccc2)cc1. The van der Waals surface area contributed by atoms with Gasteiger partial charge in [-0.25, -0.2) is 15.0 Å². The van der Waals surface area contributed by atoms with E-state index in [2.05, 4.69) is 210 Å². The summed E-state index contributed by atoms with van der Waals surface area (Å²) in [5, 5.41) is 3.63. The smallest absolute Gasteiger partial charge is 0.162 e. The van der Waals surface area contributed by atoms with Crippen LogP contribution in [-0.4, -0.2) is 29.1 Å². The highest BCUT2D eigenvalue weighted by molar-refractivity contribution is 6.14. The summed E-state index contributed by atoms with van der Waals surface area (Å²) in [5.41, 5.74) is 14.1. The predicted octanol–water partition coefficient (Wildman–Crippen LogP) is 12.8. The molecule has 0 radical (unpaired) electrons. The highest BCUT2D eigenvalue weighted by Gasteiger charge is 2.18. The fraction of sp³-hybridized carbons (Fsp3) is 0. The van der Waals surface area contributed by atoms with E-state index in [1.807, 2.05) is 24.4 Å². The molecule has 0 amide bonds. The number of aromatic nitrogens is 6. The molecular weight excluding hydrogens is 723 g/mol. The molecule has 0 fully saturated rings. The van der Waals surface area contributed by atoms with Crippen LogP contribution in [0.25, 0.3) is 77.9 Å². The van der Waals surface area contributed by atoms with Crippen molar-refractivity contribution in [1.82, 2.24) is 29.1 Å². The zero-order valence-corrected chi connectivity index (χ0v) is 31.8. The van der Waals surface area contributed by atoms with Crippen LogP contribution in [0.3, 0.4) is 0 Å². The number of hydrogen-bond donors (Lipinski definition) is 0. The minimum absolute atomic E-state index is 0.639. The summed E-state index contributed by atoms with van der Waals surface area (Å²) in [4.78, 5) is 19.5. The third kappa shape index (κ3) is 6.18. The lowest BCUT2D eigenvalue weighted by molar-refractivity contribution is 1.06. The van der Waals surface area contributed by atoms with Gasteiger partial charge >= 0.3 is 0 Å². The van der Waals surface area contributed by atoms with Gasteiger partial charge in [0.1, 0.15) is 12.7 Å². The summed E-state index contributed by atoms with van der Waals surface area (Å²) >= 11 is 0. The third-order valence-corrected chi connectivity index (χ3v) is 11.0. The molecule has 0 aliphatic carbocycles. The summed E-state index contributed by atoms with van der Waals surface area (Å²) in [6.07, 6.45) is 7.04. The first-order chi connectivity index (χ1) is 29.2. The maximum absolute atomic E-state index is 4.56. The summed E-state index contributed by atoms with van der Waals surface area (Å²) in [6, 6.07) is 66.7. The fourth-order valence-corrected chi connectivity index (χ4v) is 8.21. The molecule has 11 rings (SSSR count). The number of benzene rings is 7. The van der Waals surface area contributed by atoms with Crippen LogP contribution < -0.4 is 4.90 Å². The predicted molar refractivity (Wildman–Crippen MR) is 240 cm³/mol. The quantitative estimate of drug-likeness (QED) is 0.154. The van der Waals surface area contributed by atoms with Gasteiger partial charge in [-0.15, -0.1) is 0 Å². The minimum atomic E-state index is 0.639. The maximum atomic E-state index is 4.56. The minimum Gasteiger partial charge on any atom is -0.317 e. The van der Waals surface area contributed by atoms with Crippen molar-refractivity contribution in [2.24, 2.45) is 0 Å². The van der Waals surface area contributed by atoms with Crippen molar-refractivity contribution in [2.75, 3.05) is 4.90 Å². The van der Waals surface area contributed by atoms with Gasteiger partial charge in [0.25, 0.3) is 0 Å². The largest absolute Gasteiger partial charge is 0.317 e. The molecule has 4 heterocycles. The van der Waals surface area contributed by atoms with Gasteiger partial charge in [-0.2, -0.15) is 0 Å². The van der Waals surface area contributed by atoms with Crippen LogP contribution in [0.2, 0.25) is 0 Å². The molecule has 0 N–H and O–H groups in total. The van der Waals surface area contributed by atoms with E-state index in [1.165, 1.54) is 45.4 Å². The van der Waals surface area contributed by atoms with E-state index in [-0.39, 0.29) is 0 Å².